The lowest BCUT2D eigenvalue weighted by Gasteiger charge is -2.26. The molecule has 0 radical (unpaired) electrons. The van der Waals surface area contributed by atoms with Gasteiger partial charge in [-0.25, -0.2) is 4.79 Å². The van der Waals surface area contributed by atoms with E-state index < -0.39 is 11.7 Å². The third-order valence-corrected chi connectivity index (χ3v) is 4.29. The Morgan fingerprint density at radius 1 is 1.07 bits per heavy atom. The van der Waals surface area contributed by atoms with Crippen molar-refractivity contribution in [3.8, 4) is 0 Å². The minimum atomic E-state index is -0.553. The summed E-state index contributed by atoms with van der Waals surface area (Å²) in [5.74, 6) is -1.39. The Balaban J connectivity index is 1.58. The fraction of sp³-hybridized carbons (Fsp3) is 0.286. The van der Waals surface area contributed by atoms with Crippen LogP contribution in [0.1, 0.15) is 20.3 Å². The SMILES string of the molecule is CC(C)N(C(=O)COC(=O)CCn1c(=O)oc2ccccc21)c1ccccc1. The van der Waals surface area contributed by atoms with Gasteiger partial charge in [0, 0.05) is 18.3 Å². The van der Waals surface area contributed by atoms with E-state index in [9.17, 15) is 14.4 Å². The first-order valence-corrected chi connectivity index (χ1v) is 9.08. The minimum absolute atomic E-state index is 0.0380. The highest BCUT2D eigenvalue weighted by Crippen LogP contribution is 2.17. The highest BCUT2D eigenvalue weighted by Gasteiger charge is 2.20. The summed E-state index contributed by atoms with van der Waals surface area (Å²) in [6.45, 7) is 3.55. The number of rotatable bonds is 7. The maximum absolute atomic E-state index is 12.5. The number of amides is 1. The Kier molecular flexibility index (Phi) is 5.93. The molecule has 28 heavy (non-hydrogen) atoms. The molecule has 1 amide bonds. The van der Waals surface area contributed by atoms with Gasteiger partial charge in [-0.15, -0.1) is 0 Å². The van der Waals surface area contributed by atoms with E-state index in [1.54, 1.807) is 29.2 Å². The van der Waals surface area contributed by atoms with Gasteiger partial charge in [-0.1, -0.05) is 30.3 Å². The summed E-state index contributed by atoms with van der Waals surface area (Å²) in [4.78, 5) is 38.1. The molecule has 0 saturated carbocycles. The van der Waals surface area contributed by atoms with Crippen LogP contribution in [0.15, 0.2) is 63.8 Å². The summed E-state index contributed by atoms with van der Waals surface area (Å²) in [6, 6.07) is 16.1. The molecule has 0 aliphatic carbocycles. The van der Waals surface area contributed by atoms with Crippen molar-refractivity contribution in [2.24, 2.45) is 0 Å². The highest BCUT2D eigenvalue weighted by molar-refractivity contribution is 5.95. The maximum atomic E-state index is 12.5. The second-order valence-electron chi connectivity index (χ2n) is 6.59. The molecule has 146 valence electrons. The molecular formula is C21H22N2O5. The number of aryl methyl sites for hydroxylation is 1. The molecule has 0 unspecified atom stereocenters. The van der Waals surface area contributed by atoms with Crippen molar-refractivity contribution in [3.05, 3.63) is 65.1 Å². The quantitative estimate of drug-likeness (QED) is 0.587. The number of carbonyl (C=O) groups excluding carboxylic acids is 2. The highest BCUT2D eigenvalue weighted by atomic mass is 16.5. The predicted octanol–water partition coefficient (Wildman–Crippen LogP) is 2.97. The molecule has 3 rings (SSSR count). The van der Waals surface area contributed by atoms with Crippen molar-refractivity contribution in [1.29, 1.82) is 0 Å². The van der Waals surface area contributed by atoms with Crippen LogP contribution in [0.4, 0.5) is 5.69 Å². The van der Waals surface area contributed by atoms with Gasteiger partial charge >= 0.3 is 11.7 Å². The van der Waals surface area contributed by atoms with Gasteiger partial charge in [0.2, 0.25) is 0 Å². The van der Waals surface area contributed by atoms with Gasteiger partial charge in [0.1, 0.15) is 0 Å². The van der Waals surface area contributed by atoms with Crippen LogP contribution in [0.5, 0.6) is 0 Å². The zero-order chi connectivity index (χ0) is 20.1. The summed E-state index contributed by atoms with van der Waals surface area (Å²) in [5.41, 5.74) is 1.83. The summed E-state index contributed by atoms with van der Waals surface area (Å²) >= 11 is 0. The number of carbonyl (C=O) groups is 2. The van der Waals surface area contributed by atoms with E-state index in [0.717, 1.165) is 5.69 Å². The van der Waals surface area contributed by atoms with Crippen LogP contribution >= 0.6 is 0 Å². The number of hydrogen-bond donors (Lipinski definition) is 0. The molecule has 2 aromatic carbocycles. The zero-order valence-corrected chi connectivity index (χ0v) is 15.8. The number of ether oxygens (including phenoxy) is 1. The molecule has 0 aliphatic heterocycles. The molecule has 0 N–H and O–H groups in total. The third-order valence-electron chi connectivity index (χ3n) is 4.29. The fourth-order valence-corrected chi connectivity index (χ4v) is 3.03. The Bertz CT molecular complexity index is 1020. The number of hydrogen-bond acceptors (Lipinski definition) is 5. The average Bonchev–Trinajstić information content (AvgIpc) is 3.00. The van der Waals surface area contributed by atoms with Crippen molar-refractivity contribution < 1.29 is 18.7 Å². The topological polar surface area (TPSA) is 81.8 Å². The molecular weight excluding hydrogens is 360 g/mol. The lowest BCUT2D eigenvalue weighted by molar-refractivity contribution is -0.148. The number of aromatic nitrogens is 1. The maximum Gasteiger partial charge on any atom is 0.419 e. The number of para-hydroxylation sites is 3. The van der Waals surface area contributed by atoms with Crippen LogP contribution < -0.4 is 10.7 Å². The molecule has 0 spiro atoms. The van der Waals surface area contributed by atoms with E-state index in [4.69, 9.17) is 9.15 Å². The second kappa shape index (κ2) is 8.56. The molecule has 7 nitrogen and oxygen atoms in total. The lowest BCUT2D eigenvalue weighted by Crippen LogP contribution is -2.40. The van der Waals surface area contributed by atoms with Crippen LogP contribution in [0.2, 0.25) is 0 Å². The first-order valence-electron chi connectivity index (χ1n) is 9.08. The molecule has 7 heteroatoms. The molecule has 0 atom stereocenters. The van der Waals surface area contributed by atoms with E-state index in [0.29, 0.717) is 11.1 Å². The molecule has 1 aromatic heterocycles. The van der Waals surface area contributed by atoms with Gasteiger partial charge in [-0.2, -0.15) is 0 Å². The van der Waals surface area contributed by atoms with Crippen molar-refractivity contribution in [2.75, 3.05) is 11.5 Å². The molecule has 0 fully saturated rings. The van der Waals surface area contributed by atoms with Crippen molar-refractivity contribution in [3.63, 3.8) is 0 Å². The summed E-state index contributed by atoms with van der Waals surface area (Å²) in [5, 5.41) is 0. The predicted molar refractivity (Wildman–Crippen MR) is 105 cm³/mol. The van der Waals surface area contributed by atoms with Crippen molar-refractivity contribution >= 4 is 28.7 Å². The lowest BCUT2D eigenvalue weighted by atomic mass is 10.2. The fourth-order valence-electron chi connectivity index (χ4n) is 3.03. The monoisotopic (exact) mass is 382 g/mol. The number of anilines is 1. The summed E-state index contributed by atoms with van der Waals surface area (Å²) in [7, 11) is 0. The Labute approximate surface area is 162 Å². The van der Waals surface area contributed by atoms with Gasteiger partial charge in [-0.05, 0) is 38.1 Å². The number of oxazole rings is 1. The smallest absolute Gasteiger partial charge is 0.419 e. The van der Waals surface area contributed by atoms with E-state index in [-0.39, 0.29) is 31.5 Å². The number of fused-ring (bicyclic) bond motifs is 1. The normalized spacial score (nSPS) is 11.0. The second-order valence-corrected chi connectivity index (χ2v) is 6.59. The number of esters is 1. The standard InChI is InChI=1S/C21H22N2O5/c1-15(2)23(16-8-4-3-5-9-16)19(24)14-27-20(25)12-13-22-17-10-6-7-11-18(17)28-21(22)26/h3-11,15H,12-14H2,1-2H3. The largest absolute Gasteiger partial charge is 0.455 e. The Morgan fingerprint density at radius 3 is 2.46 bits per heavy atom. The number of benzene rings is 2. The van der Waals surface area contributed by atoms with Crippen LogP contribution in [-0.2, 0) is 20.9 Å². The van der Waals surface area contributed by atoms with E-state index in [2.05, 4.69) is 0 Å². The molecule has 1 heterocycles. The number of nitrogens with zero attached hydrogens (tertiary/aromatic N) is 2. The van der Waals surface area contributed by atoms with Gasteiger partial charge < -0.3 is 14.1 Å². The molecule has 0 bridgehead atoms. The van der Waals surface area contributed by atoms with Crippen LogP contribution in [0.25, 0.3) is 11.1 Å². The third kappa shape index (κ3) is 4.31. The molecule has 0 saturated heterocycles. The average molecular weight is 382 g/mol. The van der Waals surface area contributed by atoms with Crippen molar-refractivity contribution in [1.82, 2.24) is 4.57 Å². The van der Waals surface area contributed by atoms with Gasteiger partial charge in [-0.3, -0.25) is 14.2 Å². The molecule has 0 aliphatic rings. The van der Waals surface area contributed by atoms with Gasteiger partial charge in [0.05, 0.1) is 11.9 Å². The van der Waals surface area contributed by atoms with E-state index in [1.807, 2.05) is 44.2 Å². The first-order chi connectivity index (χ1) is 13.5. The summed E-state index contributed by atoms with van der Waals surface area (Å²) in [6.07, 6.45) is -0.0380. The Hall–Kier alpha value is -3.35. The first kappa shape index (κ1) is 19.4. The minimum Gasteiger partial charge on any atom is -0.455 e. The van der Waals surface area contributed by atoms with Gasteiger partial charge in [0.25, 0.3) is 5.91 Å². The molecule has 3 aromatic rings. The van der Waals surface area contributed by atoms with E-state index >= 15 is 0 Å². The summed E-state index contributed by atoms with van der Waals surface area (Å²) < 4.78 is 11.6. The van der Waals surface area contributed by atoms with Gasteiger partial charge in [0.15, 0.2) is 12.2 Å². The van der Waals surface area contributed by atoms with Crippen LogP contribution in [0, 0.1) is 0 Å². The Morgan fingerprint density at radius 2 is 1.75 bits per heavy atom. The van der Waals surface area contributed by atoms with Crippen molar-refractivity contribution in [2.45, 2.75) is 32.9 Å². The zero-order valence-electron chi connectivity index (χ0n) is 15.8. The van der Waals surface area contributed by atoms with Crippen LogP contribution in [0.3, 0.4) is 0 Å². The van der Waals surface area contributed by atoms with E-state index in [1.165, 1.54) is 4.57 Å². The van der Waals surface area contributed by atoms with Crippen LogP contribution in [-0.4, -0.2) is 29.1 Å².